The molecule has 0 amide bonds. The van der Waals surface area contributed by atoms with Crippen LogP contribution in [0.3, 0.4) is 0 Å². The summed E-state index contributed by atoms with van der Waals surface area (Å²) in [5.41, 5.74) is 0.122. The van der Waals surface area contributed by atoms with Gasteiger partial charge in [-0.25, -0.2) is 0 Å². The third kappa shape index (κ3) is 1.12. The van der Waals surface area contributed by atoms with Crippen LogP contribution in [-0.4, -0.2) is 29.5 Å². The molecule has 0 aromatic rings. The topological polar surface area (TPSA) is 12.5 Å². The summed E-state index contributed by atoms with van der Waals surface area (Å²) in [5, 5.41) is 0. The predicted molar refractivity (Wildman–Crippen MR) is 47.7 cm³/mol. The molecule has 2 saturated heterocycles. The molecule has 2 nitrogen and oxygen atoms in total. The Balaban J connectivity index is 2.20. The highest BCUT2D eigenvalue weighted by molar-refractivity contribution is 7.49. The molecule has 2 heterocycles. The second-order valence-electron chi connectivity index (χ2n) is 3.98. The lowest BCUT2D eigenvalue weighted by molar-refractivity contribution is 0.112. The van der Waals surface area contributed by atoms with E-state index in [-0.39, 0.29) is 13.9 Å². The van der Waals surface area contributed by atoms with Crippen LogP contribution in [0.2, 0.25) is 0 Å². The first kappa shape index (κ1) is 7.97. The molecule has 0 N–H and O–H groups in total. The molecular weight excluding hydrogens is 157 g/mol. The van der Waals surface area contributed by atoms with Gasteiger partial charge in [0.15, 0.2) is 0 Å². The Kier molecular flexibility index (Phi) is 1.75. The predicted octanol–water partition coefficient (Wildman–Crippen LogP) is 2.20. The molecule has 11 heavy (non-hydrogen) atoms. The van der Waals surface area contributed by atoms with Crippen LogP contribution in [0.5, 0.6) is 0 Å². The highest BCUT2D eigenvalue weighted by Crippen LogP contribution is 2.56. The van der Waals surface area contributed by atoms with Crippen molar-refractivity contribution in [3.05, 3.63) is 0 Å². The van der Waals surface area contributed by atoms with Gasteiger partial charge in [0.05, 0.1) is 5.60 Å². The quantitative estimate of drug-likeness (QED) is 0.521. The highest BCUT2D eigenvalue weighted by atomic mass is 31.2. The normalized spacial score (nSPS) is 42.8. The van der Waals surface area contributed by atoms with E-state index in [1.165, 1.54) is 19.4 Å². The van der Waals surface area contributed by atoms with E-state index in [9.17, 15) is 0 Å². The van der Waals surface area contributed by atoms with Crippen molar-refractivity contribution in [2.45, 2.75) is 38.3 Å². The van der Waals surface area contributed by atoms with Crippen LogP contribution in [0, 0.1) is 0 Å². The molecule has 0 saturated carbocycles. The average Bonchev–Trinajstić information content (AvgIpc) is 2.37. The van der Waals surface area contributed by atoms with Gasteiger partial charge in [0.1, 0.15) is 8.30 Å². The van der Waals surface area contributed by atoms with Gasteiger partial charge in [-0.1, -0.05) is 0 Å². The average molecular weight is 173 g/mol. The van der Waals surface area contributed by atoms with Crippen molar-refractivity contribution in [1.82, 2.24) is 4.67 Å². The smallest absolute Gasteiger partial charge is 0.102 e. The van der Waals surface area contributed by atoms with Gasteiger partial charge in [-0.2, -0.15) is 0 Å². The van der Waals surface area contributed by atoms with Gasteiger partial charge in [-0.3, -0.25) is 4.67 Å². The minimum Gasteiger partial charge on any atom is -0.336 e. The number of hydrogen-bond acceptors (Lipinski definition) is 2. The zero-order chi connectivity index (χ0) is 8.06. The summed E-state index contributed by atoms with van der Waals surface area (Å²) in [5.74, 6) is 0. The molecule has 0 bridgehead atoms. The second-order valence-corrected chi connectivity index (χ2v) is 5.60. The van der Waals surface area contributed by atoms with Gasteiger partial charge < -0.3 is 4.52 Å². The zero-order valence-corrected chi connectivity index (χ0v) is 8.40. The van der Waals surface area contributed by atoms with E-state index in [0.717, 1.165) is 0 Å². The fourth-order valence-corrected chi connectivity index (χ4v) is 4.37. The summed E-state index contributed by atoms with van der Waals surface area (Å²) < 4.78 is 8.46. The lowest BCUT2D eigenvalue weighted by Gasteiger charge is -2.23. The first-order valence-corrected chi connectivity index (χ1v) is 5.96. The third-order valence-electron chi connectivity index (χ3n) is 2.76. The first-order valence-electron chi connectivity index (χ1n) is 4.31. The fourth-order valence-electron chi connectivity index (χ4n) is 2.25. The third-order valence-corrected chi connectivity index (χ3v) is 4.69. The van der Waals surface area contributed by atoms with Crippen LogP contribution in [0.1, 0.15) is 26.7 Å². The summed E-state index contributed by atoms with van der Waals surface area (Å²) in [7, 11) is -0.260. The van der Waals surface area contributed by atoms with Crippen molar-refractivity contribution < 1.29 is 4.52 Å². The summed E-state index contributed by atoms with van der Waals surface area (Å²) in [6.45, 7) is 7.93. The largest absolute Gasteiger partial charge is 0.336 e. The summed E-state index contributed by atoms with van der Waals surface area (Å²) in [6.07, 6.45) is 2.70. The van der Waals surface area contributed by atoms with E-state index in [0.29, 0.717) is 6.04 Å². The minimum atomic E-state index is -0.260. The Hall–Kier alpha value is 0.350. The number of fused-ring (bicyclic) bond motifs is 1. The lowest BCUT2D eigenvalue weighted by atomic mass is 9.98. The van der Waals surface area contributed by atoms with E-state index >= 15 is 0 Å². The highest BCUT2D eigenvalue weighted by Gasteiger charge is 2.48. The van der Waals surface area contributed by atoms with Gasteiger partial charge in [0.25, 0.3) is 0 Å². The molecule has 0 aliphatic carbocycles. The Morgan fingerprint density at radius 1 is 1.55 bits per heavy atom. The Labute approximate surface area is 69.8 Å². The van der Waals surface area contributed by atoms with Gasteiger partial charge >= 0.3 is 0 Å². The molecule has 3 heteroatoms. The molecule has 0 unspecified atom stereocenters. The number of nitrogens with zero attached hydrogens (tertiary/aromatic N) is 1. The Morgan fingerprint density at radius 2 is 2.27 bits per heavy atom. The molecule has 2 fully saturated rings. The second kappa shape index (κ2) is 2.42. The summed E-state index contributed by atoms with van der Waals surface area (Å²) in [6, 6.07) is 0.707. The number of rotatable bonds is 0. The van der Waals surface area contributed by atoms with Crippen LogP contribution in [0.4, 0.5) is 0 Å². The molecule has 0 spiro atoms. The van der Waals surface area contributed by atoms with Crippen molar-refractivity contribution in [3.63, 3.8) is 0 Å². The fraction of sp³-hybridized carbons (Fsp3) is 1.00. The van der Waals surface area contributed by atoms with E-state index in [2.05, 4.69) is 25.2 Å². The van der Waals surface area contributed by atoms with E-state index in [4.69, 9.17) is 4.52 Å². The molecule has 2 aliphatic heterocycles. The van der Waals surface area contributed by atoms with Crippen molar-refractivity contribution in [2.24, 2.45) is 0 Å². The van der Waals surface area contributed by atoms with Crippen molar-refractivity contribution in [1.29, 1.82) is 0 Å². The maximum Gasteiger partial charge on any atom is 0.102 e. The van der Waals surface area contributed by atoms with Crippen molar-refractivity contribution >= 4 is 8.30 Å². The van der Waals surface area contributed by atoms with Gasteiger partial charge in [-0.15, -0.1) is 0 Å². The molecule has 0 aromatic heterocycles. The maximum absolute atomic E-state index is 5.91. The van der Waals surface area contributed by atoms with Crippen LogP contribution in [-0.2, 0) is 4.52 Å². The SMILES string of the molecule is C[P@]1OC(C)(C)[C@H]2CCCN21. The maximum atomic E-state index is 5.91. The molecular formula is C8H16NOP. The van der Waals surface area contributed by atoms with E-state index in [1.807, 2.05) is 0 Å². The van der Waals surface area contributed by atoms with E-state index < -0.39 is 0 Å². The monoisotopic (exact) mass is 173 g/mol. The van der Waals surface area contributed by atoms with Crippen molar-refractivity contribution in [3.8, 4) is 0 Å². The Morgan fingerprint density at radius 3 is 2.91 bits per heavy atom. The van der Waals surface area contributed by atoms with Gasteiger partial charge in [-0.05, 0) is 33.4 Å². The van der Waals surface area contributed by atoms with E-state index in [1.54, 1.807) is 0 Å². The van der Waals surface area contributed by atoms with Crippen LogP contribution in [0.15, 0.2) is 0 Å². The summed E-state index contributed by atoms with van der Waals surface area (Å²) >= 11 is 0. The van der Waals surface area contributed by atoms with Crippen LogP contribution in [0.25, 0.3) is 0 Å². The molecule has 2 atom stereocenters. The Bertz CT molecular complexity index is 171. The minimum absolute atomic E-state index is 0.122. The van der Waals surface area contributed by atoms with Crippen molar-refractivity contribution in [2.75, 3.05) is 13.2 Å². The molecule has 0 radical (unpaired) electrons. The van der Waals surface area contributed by atoms with Gasteiger partial charge in [0, 0.05) is 12.6 Å². The standard InChI is InChI=1S/C8H16NOP/c1-8(2)7-5-4-6-9(7)11(3)10-8/h7H,4-6H2,1-3H3/t7-,11+/m1/s1. The summed E-state index contributed by atoms with van der Waals surface area (Å²) in [4.78, 5) is 0. The first-order chi connectivity index (χ1) is 5.11. The number of hydrogen-bond donors (Lipinski definition) is 0. The molecule has 2 aliphatic rings. The lowest BCUT2D eigenvalue weighted by Crippen LogP contribution is -2.35. The molecule has 64 valence electrons. The zero-order valence-electron chi connectivity index (χ0n) is 7.50. The molecule has 0 aromatic carbocycles. The molecule has 2 rings (SSSR count). The van der Waals surface area contributed by atoms with Crippen LogP contribution >= 0.6 is 8.30 Å². The van der Waals surface area contributed by atoms with Crippen LogP contribution < -0.4 is 0 Å². The van der Waals surface area contributed by atoms with Gasteiger partial charge in [0.2, 0.25) is 0 Å².